The summed E-state index contributed by atoms with van der Waals surface area (Å²) in [6.45, 7) is 2.94. The van der Waals surface area contributed by atoms with E-state index < -0.39 is 0 Å². The largest absolute Gasteiger partial charge is 0.288 e. The fourth-order valence-electron chi connectivity index (χ4n) is 1.38. The molecular formula is C11H12N2OS. The summed E-state index contributed by atoms with van der Waals surface area (Å²) >= 11 is 1.46. The van der Waals surface area contributed by atoms with E-state index in [0.717, 1.165) is 17.8 Å². The molecule has 0 saturated heterocycles. The molecule has 4 heteroatoms. The fourth-order valence-corrected chi connectivity index (χ4v) is 2.07. The van der Waals surface area contributed by atoms with Gasteiger partial charge >= 0.3 is 0 Å². The van der Waals surface area contributed by atoms with Gasteiger partial charge in [-0.15, -0.1) is 11.3 Å². The molecule has 78 valence electrons. The number of carbonyl (C=O) groups is 1. The number of aromatic nitrogens is 2. The standard InChI is InChI=1S/C11H12N2OS/c1-2-5-13-8-9(7-12-13)11(14)10-4-3-6-15-10/h3-4,6-8H,2,5H2,1H3. The first-order chi connectivity index (χ1) is 7.31. The van der Waals surface area contributed by atoms with Gasteiger partial charge in [-0.2, -0.15) is 5.10 Å². The van der Waals surface area contributed by atoms with Gasteiger partial charge in [0.2, 0.25) is 5.78 Å². The summed E-state index contributed by atoms with van der Waals surface area (Å²) in [6, 6.07) is 3.72. The fraction of sp³-hybridized carbons (Fsp3) is 0.273. The van der Waals surface area contributed by atoms with Crippen molar-refractivity contribution in [1.82, 2.24) is 9.78 Å². The van der Waals surface area contributed by atoms with Gasteiger partial charge in [0, 0.05) is 12.7 Å². The number of carbonyl (C=O) groups excluding carboxylic acids is 1. The number of aryl methyl sites for hydroxylation is 1. The maximum Gasteiger partial charge on any atom is 0.206 e. The molecule has 0 aliphatic carbocycles. The molecule has 2 aromatic heterocycles. The van der Waals surface area contributed by atoms with Gasteiger partial charge in [-0.1, -0.05) is 13.0 Å². The van der Waals surface area contributed by atoms with Crippen LogP contribution in [0.15, 0.2) is 29.9 Å². The maximum atomic E-state index is 11.9. The van der Waals surface area contributed by atoms with Crippen LogP contribution in [0.1, 0.15) is 28.6 Å². The van der Waals surface area contributed by atoms with Gasteiger partial charge in [0.25, 0.3) is 0 Å². The van der Waals surface area contributed by atoms with Crippen molar-refractivity contribution in [2.24, 2.45) is 0 Å². The summed E-state index contributed by atoms with van der Waals surface area (Å²) in [6.07, 6.45) is 4.47. The molecule has 15 heavy (non-hydrogen) atoms. The van der Waals surface area contributed by atoms with Gasteiger partial charge in [0.1, 0.15) is 0 Å². The predicted octanol–water partition coefficient (Wildman–Crippen LogP) is 2.59. The van der Waals surface area contributed by atoms with Gasteiger partial charge in [0.15, 0.2) is 0 Å². The first-order valence-electron chi connectivity index (χ1n) is 4.92. The molecule has 0 atom stereocenters. The molecule has 0 saturated carbocycles. The molecule has 2 aromatic rings. The van der Waals surface area contributed by atoms with E-state index in [0.29, 0.717) is 5.56 Å². The number of ketones is 1. The molecule has 0 bridgehead atoms. The molecule has 0 aromatic carbocycles. The Morgan fingerprint density at radius 2 is 2.47 bits per heavy atom. The molecule has 2 heterocycles. The van der Waals surface area contributed by atoms with E-state index >= 15 is 0 Å². The van der Waals surface area contributed by atoms with Crippen LogP contribution in [-0.4, -0.2) is 15.6 Å². The van der Waals surface area contributed by atoms with Crippen LogP contribution in [0, 0.1) is 0 Å². The zero-order chi connectivity index (χ0) is 10.7. The molecule has 0 unspecified atom stereocenters. The summed E-state index contributed by atoms with van der Waals surface area (Å²) in [4.78, 5) is 12.7. The van der Waals surface area contributed by atoms with Crippen molar-refractivity contribution in [2.45, 2.75) is 19.9 Å². The molecule has 0 N–H and O–H groups in total. The summed E-state index contributed by atoms with van der Waals surface area (Å²) in [5, 5.41) is 6.04. The molecule has 2 rings (SSSR count). The minimum absolute atomic E-state index is 0.0624. The van der Waals surface area contributed by atoms with Crippen molar-refractivity contribution in [3.63, 3.8) is 0 Å². The van der Waals surface area contributed by atoms with Gasteiger partial charge in [-0.25, -0.2) is 0 Å². The van der Waals surface area contributed by atoms with Crippen molar-refractivity contribution < 1.29 is 4.79 Å². The number of hydrogen-bond acceptors (Lipinski definition) is 3. The number of nitrogens with zero attached hydrogens (tertiary/aromatic N) is 2. The van der Waals surface area contributed by atoms with Gasteiger partial charge in [0.05, 0.1) is 16.6 Å². The quantitative estimate of drug-likeness (QED) is 0.742. The van der Waals surface area contributed by atoms with Crippen LogP contribution in [0.4, 0.5) is 0 Å². The molecule has 0 aliphatic heterocycles. The van der Waals surface area contributed by atoms with Crippen molar-refractivity contribution in [1.29, 1.82) is 0 Å². The highest BCUT2D eigenvalue weighted by molar-refractivity contribution is 7.12. The lowest BCUT2D eigenvalue weighted by molar-refractivity contribution is 0.104. The van der Waals surface area contributed by atoms with Crippen LogP contribution in [0.5, 0.6) is 0 Å². The molecule has 0 spiro atoms. The highest BCUT2D eigenvalue weighted by Crippen LogP contribution is 2.14. The van der Waals surface area contributed by atoms with E-state index in [4.69, 9.17) is 0 Å². The lowest BCUT2D eigenvalue weighted by atomic mass is 10.2. The zero-order valence-corrected chi connectivity index (χ0v) is 9.33. The van der Waals surface area contributed by atoms with Crippen LogP contribution >= 0.6 is 11.3 Å². The third-order valence-electron chi connectivity index (χ3n) is 2.09. The first kappa shape index (κ1) is 10.1. The Kier molecular flexibility index (Phi) is 2.97. The minimum atomic E-state index is 0.0624. The van der Waals surface area contributed by atoms with Crippen LogP contribution in [0.25, 0.3) is 0 Å². The highest BCUT2D eigenvalue weighted by atomic mass is 32.1. The van der Waals surface area contributed by atoms with Gasteiger partial charge < -0.3 is 0 Å². The third kappa shape index (κ3) is 2.15. The lowest BCUT2D eigenvalue weighted by Crippen LogP contribution is -1.98. The number of rotatable bonds is 4. The molecule has 0 amide bonds. The Morgan fingerprint density at radius 3 is 3.13 bits per heavy atom. The lowest BCUT2D eigenvalue weighted by Gasteiger charge is -1.94. The van der Waals surface area contributed by atoms with Crippen molar-refractivity contribution in [3.8, 4) is 0 Å². The predicted molar refractivity (Wildman–Crippen MR) is 60.3 cm³/mol. The molecule has 0 radical (unpaired) electrons. The maximum absolute atomic E-state index is 11.9. The van der Waals surface area contributed by atoms with E-state index in [9.17, 15) is 4.79 Å². The van der Waals surface area contributed by atoms with Crippen molar-refractivity contribution in [2.75, 3.05) is 0 Å². The van der Waals surface area contributed by atoms with E-state index in [2.05, 4.69) is 12.0 Å². The zero-order valence-electron chi connectivity index (χ0n) is 8.51. The Bertz CT molecular complexity index is 445. The van der Waals surface area contributed by atoms with Crippen LogP contribution < -0.4 is 0 Å². The Hall–Kier alpha value is -1.42. The topological polar surface area (TPSA) is 34.9 Å². The second-order valence-corrected chi connectivity index (χ2v) is 4.25. The summed E-state index contributed by atoms with van der Waals surface area (Å²) in [5.41, 5.74) is 0.672. The van der Waals surface area contributed by atoms with E-state index in [1.165, 1.54) is 11.3 Å². The third-order valence-corrected chi connectivity index (χ3v) is 2.96. The molecular weight excluding hydrogens is 208 g/mol. The van der Waals surface area contributed by atoms with Crippen LogP contribution in [-0.2, 0) is 6.54 Å². The Balaban J connectivity index is 2.19. The van der Waals surface area contributed by atoms with Crippen molar-refractivity contribution in [3.05, 3.63) is 40.3 Å². The SMILES string of the molecule is CCCn1cc(C(=O)c2cccs2)cn1. The highest BCUT2D eigenvalue weighted by Gasteiger charge is 2.11. The second kappa shape index (κ2) is 4.40. The van der Waals surface area contributed by atoms with E-state index in [1.54, 1.807) is 10.9 Å². The summed E-state index contributed by atoms with van der Waals surface area (Å²) in [7, 11) is 0. The minimum Gasteiger partial charge on any atom is -0.288 e. The molecule has 3 nitrogen and oxygen atoms in total. The van der Waals surface area contributed by atoms with Crippen LogP contribution in [0.3, 0.4) is 0 Å². The molecule has 0 fully saturated rings. The number of hydrogen-bond donors (Lipinski definition) is 0. The average molecular weight is 220 g/mol. The van der Waals surface area contributed by atoms with E-state index in [-0.39, 0.29) is 5.78 Å². The smallest absolute Gasteiger partial charge is 0.206 e. The summed E-state index contributed by atoms with van der Waals surface area (Å²) < 4.78 is 1.81. The monoisotopic (exact) mass is 220 g/mol. The number of thiophene rings is 1. The normalized spacial score (nSPS) is 10.5. The Labute approximate surface area is 92.4 Å². The van der Waals surface area contributed by atoms with E-state index in [1.807, 2.05) is 23.7 Å². The average Bonchev–Trinajstić information content (AvgIpc) is 2.87. The van der Waals surface area contributed by atoms with Crippen molar-refractivity contribution >= 4 is 17.1 Å². The van der Waals surface area contributed by atoms with Gasteiger partial charge in [-0.05, 0) is 17.9 Å². The second-order valence-electron chi connectivity index (χ2n) is 3.30. The first-order valence-corrected chi connectivity index (χ1v) is 5.80. The van der Waals surface area contributed by atoms with Gasteiger partial charge in [-0.3, -0.25) is 9.48 Å². The summed E-state index contributed by atoms with van der Waals surface area (Å²) in [5.74, 6) is 0.0624. The van der Waals surface area contributed by atoms with Crippen LogP contribution in [0.2, 0.25) is 0 Å². The Morgan fingerprint density at radius 1 is 1.60 bits per heavy atom. The molecule has 0 aliphatic rings.